The Morgan fingerprint density at radius 3 is 3.33 bits per heavy atom. The molecule has 0 bridgehead atoms. The number of nitrogens with zero attached hydrogens (tertiary/aromatic N) is 3. The number of hydrogen-bond acceptors (Lipinski definition) is 4. The van der Waals surface area contributed by atoms with Crippen LogP contribution < -0.4 is 0 Å². The summed E-state index contributed by atoms with van der Waals surface area (Å²) in [6.45, 7) is 5.23. The second kappa shape index (κ2) is 4.82. The van der Waals surface area contributed by atoms with E-state index in [0.29, 0.717) is 24.9 Å². The molecule has 5 heteroatoms. The second-order valence-electron chi connectivity index (χ2n) is 5.01. The van der Waals surface area contributed by atoms with Crippen LogP contribution in [0.4, 0.5) is 0 Å². The molecule has 2 aliphatic heterocycles. The van der Waals surface area contributed by atoms with Gasteiger partial charge in [-0.3, -0.25) is 14.4 Å². The SMILES string of the molecule is CCn1nccc1C(=O)C1CN2CCCC2CO1. The minimum Gasteiger partial charge on any atom is -0.367 e. The van der Waals surface area contributed by atoms with Crippen molar-refractivity contribution in [3.05, 3.63) is 18.0 Å². The van der Waals surface area contributed by atoms with Gasteiger partial charge in [0, 0.05) is 25.3 Å². The van der Waals surface area contributed by atoms with E-state index < -0.39 is 0 Å². The molecule has 2 atom stereocenters. The van der Waals surface area contributed by atoms with Gasteiger partial charge in [-0.25, -0.2) is 0 Å². The molecule has 2 unspecified atom stereocenters. The summed E-state index contributed by atoms with van der Waals surface area (Å²) in [5, 5.41) is 4.14. The molecule has 1 aromatic heterocycles. The molecule has 0 aromatic carbocycles. The van der Waals surface area contributed by atoms with E-state index in [1.54, 1.807) is 16.9 Å². The minimum absolute atomic E-state index is 0.0692. The lowest BCUT2D eigenvalue weighted by atomic mass is 10.1. The Kier molecular flexibility index (Phi) is 3.18. The fraction of sp³-hybridized carbons (Fsp3) is 0.692. The highest BCUT2D eigenvalue weighted by atomic mass is 16.5. The van der Waals surface area contributed by atoms with E-state index >= 15 is 0 Å². The van der Waals surface area contributed by atoms with Crippen molar-refractivity contribution in [2.45, 2.75) is 38.5 Å². The number of ketones is 1. The molecule has 2 aliphatic rings. The van der Waals surface area contributed by atoms with Crippen molar-refractivity contribution in [2.75, 3.05) is 19.7 Å². The van der Waals surface area contributed by atoms with E-state index in [1.807, 2.05) is 6.92 Å². The number of aryl methyl sites for hydroxylation is 1. The Hall–Kier alpha value is -1.20. The number of ether oxygens (including phenoxy) is 1. The quantitative estimate of drug-likeness (QED) is 0.748. The smallest absolute Gasteiger partial charge is 0.210 e. The zero-order valence-corrected chi connectivity index (χ0v) is 10.7. The van der Waals surface area contributed by atoms with Crippen LogP contribution in [0.2, 0.25) is 0 Å². The van der Waals surface area contributed by atoms with Gasteiger partial charge in [0.05, 0.1) is 6.61 Å². The number of fused-ring (bicyclic) bond motifs is 1. The number of morpholine rings is 1. The zero-order chi connectivity index (χ0) is 12.5. The maximum Gasteiger partial charge on any atom is 0.210 e. The van der Waals surface area contributed by atoms with Crippen molar-refractivity contribution in [1.29, 1.82) is 0 Å². The molecule has 0 saturated carbocycles. The van der Waals surface area contributed by atoms with Crippen molar-refractivity contribution < 1.29 is 9.53 Å². The summed E-state index contributed by atoms with van der Waals surface area (Å²) in [5.74, 6) is 0.0692. The molecule has 0 N–H and O–H groups in total. The number of carbonyl (C=O) groups is 1. The van der Waals surface area contributed by atoms with Crippen LogP contribution >= 0.6 is 0 Å². The maximum atomic E-state index is 12.4. The van der Waals surface area contributed by atoms with E-state index in [-0.39, 0.29) is 11.9 Å². The molecule has 3 heterocycles. The van der Waals surface area contributed by atoms with Gasteiger partial charge < -0.3 is 4.74 Å². The van der Waals surface area contributed by atoms with Gasteiger partial charge in [-0.05, 0) is 32.4 Å². The number of hydrogen-bond donors (Lipinski definition) is 0. The van der Waals surface area contributed by atoms with Crippen LogP contribution in [0.25, 0.3) is 0 Å². The molecule has 1 aromatic rings. The third-order valence-corrected chi connectivity index (χ3v) is 3.95. The fourth-order valence-corrected chi connectivity index (χ4v) is 2.93. The summed E-state index contributed by atoms with van der Waals surface area (Å²) in [5.41, 5.74) is 0.667. The predicted molar refractivity (Wildman–Crippen MR) is 66.6 cm³/mol. The lowest BCUT2D eigenvalue weighted by Gasteiger charge is -2.34. The van der Waals surface area contributed by atoms with Crippen LogP contribution in [0.15, 0.2) is 12.3 Å². The predicted octanol–water partition coefficient (Wildman–Crippen LogP) is 0.949. The van der Waals surface area contributed by atoms with Gasteiger partial charge in [0.1, 0.15) is 11.8 Å². The largest absolute Gasteiger partial charge is 0.367 e. The van der Waals surface area contributed by atoms with E-state index in [0.717, 1.165) is 13.1 Å². The molecule has 0 aliphatic carbocycles. The van der Waals surface area contributed by atoms with Crippen LogP contribution in [0, 0.1) is 0 Å². The van der Waals surface area contributed by atoms with Crippen molar-refractivity contribution in [3.63, 3.8) is 0 Å². The first-order valence-electron chi connectivity index (χ1n) is 6.71. The average molecular weight is 249 g/mol. The summed E-state index contributed by atoms with van der Waals surface area (Å²) in [6, 6.07) is 2.32. The highest BCUT2D eigenvalue weighted by Gasteiger charge is 2.36. The van der Waals surface area contributed by atoms with Crippen LogP contribution in [0.5, 0.6) is 0 Å². The van der Waals surface area contributed by atoms with Crippen LogP contribution in [-0.2, 0) is 11.3 Å². The van der Waals surface area contributed by atoms with E-state index in [9.17, 15) is 4.79 Å². The number of rotatable bonds is 3. The molecule has 5 nitrogen and oxygen atoms in total. The molecule has 0 amide bonds. The third-order valence-electron chi connectivity index (χ3n) is 3.95. The van der Waals surface area contributed by atoms with Crippen LogP contribution in [-0.4, -0.2) is 52.3 Å². The molecular weight excluding hydrogens is 230 g/mol. The van der Waals surface area contributed by atoms with Crippen molar-refractivity contribution >= 4 is 5.78 Å². The minimum atomic E-state index is -0.318. The normalized spacial score (nSPS) is 28.3. The first kappa shape index (κ1) is 11.9. The Bertz CT molecular complexity index is 443. The summed E-state index contributed by atoms with van der Waals surface area (Å²) in [4.78, 5) is 14.8. The van der Waals surface area contributed by atoms with Gasteiger partial charge in [-0.15, -0.1) is 0 Å². The molecule has 98 valence electrons. The first-order valence-corrected chi connectivity index (χ1v) is 6.71. The topological polar surface area (TPSA) is 47.4 Å². The van der Waals surface area contributed by atoms with E-state index in [4.69, 9.17) is 4.74 Å². The Labute approximate surface area is 107 Å². The summed E-state index contributed by atoms with van der Waals surface area (Å²) in [7, 11) is 0. The second-order valence-corrected chi connectivity index (χ2v) is 5.01. The Morgan fingerprint density at radius 1 is 1.61 bits per heavy atom. The number of Topliss-reactive ketones (excluding diaryl/α,β-unsaturated/α-hetero) is 1. The molecule has 0 spiro atoms. The first-order chi connectivity index (χ1) is 8.79. The van der Waals surface area contributed by atoms with Crippen molar-refractivity contribution in [3.8, 4) is 0 Å². The summed E-state index contributed by atoms with van der Waals surface area (Å²) < 4.78 is 7.48. The standard InChI is InChI=1S/C13H19N3O2/c1-2-16-11(5-6-14-16)13(17)12-8-15-7-3-4-10(15)9-18-12/h5-6,10,12H,2-4,7-9H2,1H3. The highest BCUT2D eigenvalue weighted by Crippen LogP contribution is 2.24. The van der Waals surface area contributed by atoms with Crippen molar-refractivity contribution in [2.24, 2.45) is 0 Å². The zero-order valence-electron chi connectivity index (χ0n) is 10.7. The lowest BCUT2D eigenvalue weighted by molar-refractivity contribution is -0.0348. The molecule has 2 saturated heterocycles. The van der Waals surface area contributed by atoms with E-state index in [1.165, 1.54) is 12.8 Å². The highest BCUT2D eigenvalue weighted by molar-refractivity contribution is 5.98. The summed E-state index contributed by atoms with van der Waals surface area (Å²) in [6.07, 6.45) is 3.79. The average Bonchev–Trinajstić information content (AvgIpc) is 3.05. The number of carbonyl (C=O) groups excluding carboxylic acids is 1. The van der Waals surface area contributed by atoms with Crippen molar-refractivity contribution in [1.82, 2.24) is 14.7 Å². The van der Waals surface area contributed by atoms with E-state index in [2.05, 4.69) is 10.00 Å². The van der Waals surface area contributed by atoms with Crippen LogP contribution in [0.1, 0.15) is 30.3 Å². The lowest BCUT2D eigenvalue weighted by Crippen LogP contribution is -2.49. The maximum absolute atomic E-state index is 12.4. The monoisotopic (exact) mass is 249 g/mol. The Morgan fingerprint density at radius 2 is 2.50 bits per heavy atom. The fourth-order valence-electron chi connectivity index (χ4n) is 2.93. The third kappa shape index (κ3) is 1.97. The number of aromatic nitrogens is 2. The molecular formula is C13H19N3O2. The molecule has 18 heavy (non-hydrogen) atoms. The van der Waals surface area contributed by atoms with Gasteiger partial charge in [-0.1, -0.05) is 0 Å². The van der Waals surface area contributed by atoms with Gasteiger partial charge >= 0.3 is 0 Å². The van der Waals surface area contributed by atoms with Gasteiger partial charge in [0.2, 0.25) is 5.78 Å². The van der Waals surface area contributed by atoms with Gasteiger partial charge in [0.25, 0.3) is 0 Å². The van der Waals surface area contributed by atoms with Crippen LogP contribution in [0.3, 0.4) is 0 Å². The molecule has 3 rings (SSSR count). The Balaban J connectivity index is 1.73. The van der Waals surface area contributed by atoms with Gasteiger partial charge in [0.15, 0.2) is 0 Å². The molecule has 0 radical (unpaired) electrons. The van der Waals surface area contributed by atoms with Gasteiger partial charge in [-0.2, -0.15) is 5.10 Å². The molecule has 2 fully saturated rings. The summed E-state index contributed by atoms with van der Waals surface area (Å²) >= 11 is 0.